The summed E-state index contributed by atoms with van der Waals surface area (Å²) in [6.07, 6.45) is 15.0. The van der Waals surface area contributed by atoms with Crippen molar-refractivity contribution < 1.29 is 9.32 Å². The largest absolute Gasteiger partial charge is 0.390 e. The van der Waals surface area contributed by atoms with E-state index in [1.165, 1.54) is 44.9 Å². The van der Waals surface area contributed by atoms with E-state index in [-0.39, 0.29) is 10.5 Å². The second-order valence-corrected chi connectivity index (χ2v) is 9.00. The molecule has 0 radical (unpaired) electrons. The van der Waals surface area contributed by atoms with Crippen LogP contribution in [0.3, 0.4) is 0 Å². The van der Waals surface area contributed by atoms with Crippen molar-refractivity contribution in [3.63, 3.8) is 0 Å². The molecule has 0 saturated carbocycles. The molecule has 0 aliphatic carbocycles. The van der Waals surface area contributed by atoms with Crippen LogP contribution in [0.4, 0.5) is 0 Å². The molecule has 2 atom stereocenters. The van der Waals surface area contributed by atoms with Gasteiger partial charge in [0, 0.05) is 21.3 Å². The van der Waals surface area contributed by atoms with Crippen LogP contribution in [0.5, 0.6) is 0 Å². The first-order valence-corrected chi connectivity index (χ1v) is 10.0. The Kier molecular flexibility index (Phi) is 6.54. The Morgan fingerprint density at radius 1 is 1.00 bits per heavy atom. The zero-order chi connectivity index (χ0) is 14.4. The number of hydrogen-bond acceptors (Lipinski definition) is 2. The molecule has 2 aliphatic heterocycles. The van der Waals surface area contributed by atoms with Gasteiger partial charge in [0.05, 0.1) is 5.60 Å². The fourth-order valence-corrected chi connectivity index (χ4v) is 6.28. The molecular formula is C17H32O2S. The maximum Gasteiger partial charge on any atom is 0.0670 e. The summed E-state index contributed by atoms with van der Waals surface area (Å²) in [6, 6.07) is 0. The third kappa shape index (κ3) is 4.56. The van der Waals surface area contributed by atoms with Gasteiger partial charge in [-0.3, -0.25) is 4.21 Å². The van der Waals surface area contributed by atoms with E-state index in [9.17, 15) is 9.32 Å². The van der Waals surface area contributed by atoms with Gasteiger partial charge in [-0.05, 0) is 32.1 Å². The molecule has 118 valence electrons. The molecule has 2 nitrogen and oxygen atoms in total. The first-order valence-electron chi connectivity index (χ1n) is 8.76. The molecule has 2 unspecified atom stereocenters. The van der Waals surface area contributed by atoms with E-state index in [4.69, 9.17) is 0 Å². The van der Waals surface area contributed by atoms with E-state index in [1.54, 1.807) is 0 Å². The number of fused-ring (bicyclic) bond motifs is 2. The molecule has 2 heterocycles. The van der Waals surface area contributed by atoms with E-state index in [0.29, 0.717) is 0 Å². The number of hydrogen-bond donors (Lipinski definition) is 1. The lowest BCUT2D eigenvalue weighted by Crippen LogP contribution is -2.48. The van der Waals surface area contributed by atoms with Crippen molar-refractivity contribution in [1.29, 1.82) is 0 Å². The molecule has 2 fully saturated rings. The van der Waals surface area contributed by atoms with Crippen LogP contribution in [0.15, 0.2) is 0 Å². The minimum Gasteiger partial charge on any atom is -0.390 e. The van der Waals surface area contributed by atoms with Gasteiger partial charge in [0.25, 0.3) is 0 Å². The fraction of sp³-hybridized carbons (Fsp3) is 1.00. The van der Waals surface area contributed by atoms with Crippen LogP contribution in [-0.4, -0.2) is 25.4 Å². The van der Waals surface area contributed by atoms with Crippen LogP contribution in [0.2, 0.25) is 0 Å². The summed E-state index contributed by atoms with van der Waals surface area (Å²) in [4.78, 5) is 0. The second-order valence-electron chi connectivity index (χ2n) is 7.01. The summed E-state index contributed by atoms with van der Waals surface area (Å²) in [5, 5.41) is 11.4. The summed E-state index contributed by atoms with van der Waals surface area (Å²) in [5.41, 5.74) is -0.493. The zero-order valence-electron chi connectivity index (χ0n) is 13.1. The molecule has 1 N–H and O–H groups in total. The van der Waals surface area contributed by atoms with Gasteiger partial charge in [-0.2, -0.15) is 0 Å². The van der Waals surface area contributed by atoms with E-state index >= 15 is 0 Å². The highest BCUT2D eigenvalue weighted by Crippen LogP contribution is 2.41. The summed E-state index contributed by atoms with van der Waals surface area (Å²) < 4.78 is 12.2. The Morgan fingerprint density at radius 3 is 2.15 bits per heavy atom. The number of unbranched alkanes of at least 4 members (excludes halogenated alkanes) is 6. The SMILES string of the molecule is CCCCCCCCCC1(O)CC2CCCC(C1)S2=O. The highest BCUT2D eigenvalue weighted by Gasteiger charge is 2.44. The van der Waals surface area contributed by atoms with Gasteiger partial charge in [0.15, 0.2) is 0 Å². The normalized spacial score (nSPS) is 37.0. The van der Waals surface area contributed by atoms with E-state index in [2.05, 4.69) is 6.92 Å². The lowest BCUT2D eigenvalue weighted by atomic mass is 9.82. The smallest absolute Gasteiger partial charge is 0.0670 e. The van der Waals surface area contributed by atoms with Crippen LogP contribution in [0, 0.1) is 0 Å². The van der Waals surface area contributed by atoms with E-state index in [1.807, 2.05) is 0 Å². The van der Waals surface area contributed by atoms with Crippen molar-refractivity contribution in [3.05, 3.63) is 0 Å². The Balaban J connectivity index is 1.66. The van der Waals surface area contributed by atoms with Crippen molar-refractivity contribution >= 4 is 10.8 Å². The quantitative estimate of drug-likeness (QED) is 0.678. The molecule has 2 aliphatic rings. The van der Waals surface area contributed by atoms with E-state index < -0.39 is 16.4 Å². The molecule has 0 aromatic carbocycles. The summed E-state index contributed by atoms with van der Waals surface area (Å²) in [6.45, 7) is 2.25. The fourth-order valence-electron chi connectivity index (χ4n) is 3.99. The topological polar surface area (TPSA) is 37.3 Å². The van der Waals surface area contributed by atoms with Crippen molar-refractivity contribution in [2.24, 2.45) is 0 Å². The Morgan fingerprint density at radius 2 is 1.55 bits per heavy atom. The molecule has 2 saturated heterocycles. The molecule has 3 heteroatoms. The molecular weight excluding hydrogens is 268 g/mol. The van der Waals surface area contributed by atoms with Crippen molar-refractivity contribution in [2.75, 3.05) is 0 Å². The van der Waals surface area contributed by atoms with Crippen molar-refractivity contribution in [1.82, 2.24) is 0 Å². The summed E-state index contributed by atoms with van der Waals surface area (Å²) in [5.74, 6) is 0. The first kappa shape index (κ1) is 16.5. The van der Waals surface area contributed by atoms with Gasteiger partial charge in [-0.15, -0.1) is 0 Å². The van der Waals surface area contributed by atoms with Crippen LogP contribution in [-0.2, 0) is 10.8 Å². The maximum atomic E-state index is 12.2. The maximum absolute atomic E-state index is 12.2. The average molecular weight is 301 g/mol. The van der Waals surface area contributed by atoms with Gasteiger partial charge < -0.3 is 5.11 Å². The number of rotatable bonds is 8. The molecule has 0 spiro atoms. The minimum absolute atomic E-state index is 0.289. The van der Waals surface area contributed by atoms with Crippen LogP contribution >= 0.6 is 0 Å². The molecule has 20 heavy (non-hydrogen) atoms. The van der Waals surface area contributed by atoms with Crippen LogP contribution < -0.4 is 0 Å². The standard InChI is InChI=1S/C17H32O2S/c1-2-3-4-5-6-7-8-12-17(18)13-15-10-9-11-16(14-17)20(15)19/h15-16,18H,2-14H2,1H3. The molecule has 0 amide bonds. The third-order valence-corrected chi connectivity index (χ3v) is 7.29. The predicted octanol–water partition coefficient (Wildman–Crippen LogP) is 4.32. The highest BCUT2D eigenvalue weighted by atomic mass is 32.2. The predicted molar refractivity (Wildman–Crippen MR) is 86.4 cm³/mol. The zero-order valence-corrected chi connectivity index (χ0v) is 13.9. The van der Waals surface area contributed by atoms with Gasteiger partial charge in [-0.25, -0.2) is 0 Å². The number of aliphatic hydroxyl groups is 1. The Hall–Kier alpha value is 0.110. The Labute approximate surface area is 127 Å². The highest BCUT2D eigenvalue weighted by molar-refractivity contribution is 7.86. The second kappa shape index (κ2) is 7.93. The first-order chi connectivity index (χ1) is 9.64. The van der Waals surface area contributed by atoms with Crippen LogP contribution in [0.25, 0.3) is 0 Å². The van der Waals surface area contributed by atoms with Gasteiger partial charge in [-0.1, -0.05) is 58.3 Å². The summed E-state index contributed by atoms with van der Waals surface area (Å²) in [7, 11) is -0.655. The van der Waals surface area contributed by atoms with E-state index in [0.717, 1.165) is 38.5 Å². The van der Waals surface area contributed by atoms with Gasteiger partial charge >= 0.3 is 0 Å². The molecule has 2 rings (SSSR count). The molecule has 0 aromatic rings. The average Bonchev–Trinajstić information content (AvgIpc) is 2.40. The van der Waals surface area contributed by atoms with Gasteiger partial charge in [0.1, 0.15) is 0 Å². The third-order valence-electron chi connectivity index (χ3n) is 5.17. The van der Waals surface area contributed by atoms with Crippen molar-refractivity contribution in [2.45, 2.75) is 106 Å². The van der Waals surface area contributed by atoms with Gasteiger partial charge in [0.2, 0.25) is 0 Å². The lowest BCUT2D eigenvalue weighted by molar-refractivity contribution is 0.000871. The molecule has 0 aromatic heterocycles. The van der Waals surface area contributed by atoms with Crippen molar-refractivity contribution in [3.8, 4) is 0 Å². The minimum atomic E-state index is -0.655. The molecule has 2 bridgehead atoms. The monoisotopic (exact) mass is 300 g/mol. The summed E-state index contributed by atoms with van der Waals surface area (Å²) >= 11 is 0. The Bertz CT molecular complexity index is 300. The lowest BCUT2D eigenvalue weighted by Gasteiger charge is -2.43. The van der Waals surface area contributed by atoms with Crippen LogP contribution in [0.1, 0.15) is 90.4 Å².